The van der Waals surface area contributed by atoms with E-state index in [1.165, 1.54) is 5.56 Å². The first kappa shape index (κ1) is 11.6. The van der Waals surface area contributed by atoms with Crippen LogP contribution >= 0.6 is 0 Å². The van der Waals surface area contributed by atoms with Gasteiger partial charge in [-0.05, 0) is 25.5 Å². The van der Waals surface area contributed by atoms with Gasteiger partial charge in [0.1, 0.15) is 5.75 Å². The lowest BCUT2D eigenvalue weighted by atomic mass is 10.1. The molecule has 1 rings (SSSR count). The second kappa shape index (κ2) is 6.06. The summed E-state index contributed by atoms with van der Waals surface area (Å²) in [5.74, 6) is 6.00. The molecule has 82 valence electrons. The molecule has 0 saturated carbocycles. The molecule has 0 heterocycles. The number of rotatable bonds is 5. The van der Waals surface area contributed by atoms with E-state index in [4.69, 9.17) is 10.6 Å². The molecule has 0 radical (unpaired) electrons. The van der Waals surface area contributed by atoms with Gasteiger partial charge in [0.2, 0.25) is 0 Å². The van der Waals surface area contributed by atoms with Gasteiger partial charge in [-0.1, -0.05) is 25.0 Å². The van der Waals surface area contributed by atoms with Crippen LogP contribution in [0.25, 0.3) is 0 Å². The largest absolute Gasteiger partial charge is 0.493 e. The van der Waals surface area contributed by atoms with Crippen molar-refractivity contribution in [3.05, 3.63) is 29.3 Å². The molecule has 0 aliphatic heterocycles. The number of nitrogens with zero attached hydrogens (tertiary/aromatic N) is 1. The average molecular weight is 206 g/mol. The summed E-state index contributed by atoms with van der Waals surface area (Å²) in [6.45, 7) is 4.91. The molecule has 0 fully saturated rings. The Bertz CT molecular complexity index is 334. The number of hydrogen-bond donors (Lipinski definition) is 1. The molecule has 0 aliphatic carbocycles. The van der Waals surface area contributed by atoms with E-state index in [-0.39, 0.29) is 0 Å². The third-order valence-corrected chi connectivity index (χ3v) is 2.13. The number of ether oxygens (including phenoxy) is 1. The molecule has 0 saturated heterocycles. The van der Waals surface area contributed by atoms with Crippen molar-refractivity contribution in [1.29, 1.82) is 0 Å². The minimum absolute atomic E-state index is 0.741. The SMILES string of the molecule is CCCCOc1ccc(C)cc1C=NN. The summed E-state index contributed by atoms with van der Waals surface area (Å²) in [6, 6.07) is 5.99. The van der Waals surface area contributed by atoms with E-state index in [1.807, 2.05) is 25.1 Å². The lowest BCUT2D eigenvalue weighted by Crippen LogP contribution is -2.00. The third kappa shape index (κ3) is 3.62. The monoisotopic (exact) mass is 206 g/mol. The molecular formula is C12H18N2O. The zero-order valence-corrected chi connectivity index (χ0v) is 9.36. The molecule has 0 bridgehead atoms. The smallest absolute Gasteiger partial charge is 0.128 e. The maximum atomic E-state index is 5.64. The Morgan fingerprint density at radius 2 is 2.27 bits per heavy atom. The molecule has 0 amide bonds. The first-order valence-corrected chi connectivity index (χ1v) is 5.24. The van der Waals surface area contributed by atoms with Gasteiger partial charge in [-0.3, -0.25) is 0 Å². The number of hydrazone groups is 1. The van der Waals surface area contributed by atoms with Crippen molar-refractivity contribution >= 4 is 6.21 Å². The maximum Gasteiger partial charge on any atom is 0.128 e. The Labute approximate surface area is 90.9 Å². The van der Waals surface area contributed by atoms with Crippen molar-refractivity contribution in [2.75, 3.05) is 6.61 Å². The summed E-state index contributed by atoms with van der Waals surface area (Å²) >= 11 is 0. The molecule has 0 aliphatic rings. The summed E-state index contributed by atoms with van der Waals surface area (Å²) in [7, 11) is 0. The van der Waals surface area contributed by atoms with Crippen LogP contribution in [0.2, 0.25) is 0 Å². The topological polar surface area (TPSA) is 47.6 Å². The molecule has 3 nitrogen and oxygen atoms in total. The van der Waals surface area contributed by atoms with Gasteiger partial charge < -0.3 is 10.6 Å². The van der Waals surface area contributed by atoms with E-state index in [0.29, 0.717) is 0 Å². The van der Waals surface area contributed by atoms with Crippen LogP contribution in [0.3, 0.4) is 0 Å². The molecular weight excluding hydrogens is 188 g/mol. The number of benzene rings is 1. The van der Waals surface area contributed by atoms with Gasteiger partial charge in [-0.2, -0.15) is 5.10 Å². The minimum Gasteiger partial charge on any atom is -0.493 e. The highest BCUT2D eigenvalue weighted by molar-refractivity contribution is 5.83. The fourth-order valence-electron chi connectivity index (χ4n) is 1.31. The Morgan fingerprint density at radius 3 is 2.93 bits per heavy atom. The number of nitrogens with two attached hydrogens (primary N) is 1. The fourth-order valence-corrected chi connectivity index (χ4v) is 1.31. The summed E-state index contributed by atoms with van der Waals surface area (Å²) in [5, 5.41) is 3.53. The van der Waals surface area contributed by atoms with Crippen LogP contribution in [0.4, 0.5) is 0 Å². The molecule has 3 heteroatoms. The molecule has 2 N–H and O–H groups in total. The fraction of sp³-hybridized carbons (Fsp3) is 0.417. The summed E-state index contributed by atoms with van der Waals surface area (Å²) < 4.78 is 5.64. The van der Waals surface area contributed by atoms with Gasteiger partial charge in [-0.15, -0.1) is 0 Å². The number of unbranched alkanes of at least 4 members (excludes halogenated alkanes) is 1. The first-order chi connectivity index (χ1) is 7.27. The normalized spacial score (nSPS) is 10.8. The van der Waals surface area contributed by atoms with Crippen LogP contribution in [0.5, 0.6) is 5.75 Å². The highest BCUT2D eigenvalue weighted by Crippen LogP contribution is 2.18. The molecule has 15 heavy (non-hydrogen) atoms. The second-order valence-electron chi connectivity index (χ2n) is 3.52. The van der Waals surface area contributed by atoms with E-state index in [9.17, 15) is 0 Å². The zero-order valence-electron chi connectivity index (χ0n) is 9.36. The summed E-state index contributed by atoms with van der Waals surface area (Å²) in [6.07, 6.45) is 3.81. The van der Waals surface area contributed by atoms with Crippen LogP contribution in [-0.4, -0.2) is 12.8 Å². The predicted molar refractivity (Wildman–Crippen MR) is 63.4 cm³/mol. The van der Waals surface area contributed by atoms with E-state index in [0.717, 1.165) is 30.8 Å². The Kier molecular flexibility index (Phi) is 4.68. The maximum absolute atomic E-state index is 5.64. The Morgan fingerprint density at radius 1 is 1.47 bits per heavy atom. The molecule has 0 aromatic heterocycles. The van der Waals surface area contributed by atoms with Crippen molar-refractivity contribution in [1.82, 2.24) is 0 Å². The van der Waals surface area contributed by atoms with E-state index >= 15 is 0 Å². The van der Waals surface area contributed by atoms with Crippen molar-refractivity contribution in [2.24, 2.45) is 10.9 Å². The van der Waals surface area contributed by atoms with E-state index in [1.54, 1.807) is 6.21 Å². The summed E-state index contributed by atoms with van der Waals surface area (Å²) in [4.78, 5) is 0. The van der Waals surface area contributed by atoms with Crippen LogP contribution in [-0.2, 0) is 0 Å². The van der Waals surface area contributed by atoms with Gasteiger partial charge >= 0.3 is 0 Å². The lowest BCUT2D eigenvalue weighted by molar-refractivity contribution is 0.309. The van der Waals surface area contributed by atoms with Crippen LogP contribution in [0.1, 0.15) is 30.9 Å². The zero-order chi connectivity index (χ0) is 11.1. The van der Waals surface area contributed by atoms with Crippen LogP contribution in [0, 0.1) is 6.92 Å². The van der Waals surface area contributed by atoms with E-state index < -0.39 is 0 Å². The summed E-state index contributed by atoms with van der Waals surface area (Å²) in [5.41, 5.74) is 2.11. The lowest BCUT2D eigenvalue weighted by Gasteiger charge is -2.08. The third-order valence-electron chi connectivity index (χ3n) is 2.13. The molecule has 0 spiro atoms. The van der Waals surface area contributed by atoms with Crippen LogP contribution < -0.4 is 10.6 Å². The van der Waals surface area contributed by atoms with Gasteiger partial charge in [-0.25, -0.2) is 0 Å². The number of aryl methyl sites for hydroxylation is 1. The van der Waals surface area contributed by atoms with Crippen molar-refractivity contribution < 1.29 is 4.74 Å². The average Bonchev–Trinajstić information content (AvgIpc) is 2.22. The van der Waals surface area contributed by atoms with Crippen molar-refractivity contribution in [3.63, 3.8) is 0 Å². The van der Waals surface area contributed by atoms with Gasteiger partial charge in [0.25, 0.3) is 0 Å². The predicted octanol–water partition coefficient (Wildman–Crippen LogP) is 2.47. The minimum atomic E-state index is 0.741. The van der Waals surface area contributed by atoms with Gasteiger partial charge in [0.15, 0.2) is 0 Å². The standard InChI is InChI=1S/C12H18N2O/c1-3-4-7-15-12-6-5-10(2)8-11(12)9-14-13/h5-6,8-9H,3-4,7,13H2,1-2H3. The number of hydrogen-bond acceptors (Lipinski definition) is 3. The first-order valence-electron chi connectivity index (χ1n) is 5.24. The van der Waals surface area contributed by atoms with Gasteiger partial charge in [0.05, 0.1) is 12.8 Å². The quantitative estimate of drug-likeness (QED) is 0.348. The highest BCUT2D eigenvalue weighted by atomic mass is 16.5. The van der Waals surface area contributed by atoms with Crippen LogP contribution in [0.15, 0.2) is 23.3 Å². The Balaban J connectivity index is 2.76. The molecule has 1 aromatic rings. The molecule has 1 aromatic carbocycles. The second-order valence-corrected chi connectivity index (χ2v) is 3.52. The van der Waals surface area contributed by atoms with Crippen molar-refractivity contribution in [2.45, 2.75) is 26.7 Å². The highest BCUT2D eigenvalue weighted by Gasteiger charge is 2.01. The molecule has 0 unspecified atom stereocenters. The molecule has 0 atom stereocenters. The Hall–Kier alpha value is -1.51. The van der Waals surface area contributed by atoms with Crippen molar-refractivity contribution in [3.8, 4) is 5.75 Å². The van der Waals surface area contributed by atoms with Gasteiger partial charge in [0, 0.05) is 5.56 Å². The van der Waals surface area contributed by atoms with E-state index in [2.05, 4.69) is 12.0 Å².